The topological polar surface area (TPSA) is 80.9 Å². The minimum atomic E-state index is -1.35. The third kappa shape index (κ3) is 9.14. The first kappa shape index (κ1) is 25.5. The third-order valence-corrected chi connectivity index (χ3v) is 5.17. The Kier molecular flexibility index (Phi) is 10.3. The van der Waals surface area contributed by atoms with Gasteiger partial charge < -0.3 is 20.3 Å². The lowest BCUT2D eigenvalue weighted by molar-refractivity contribution is 0.426. The average Bonchev–Trinajstić information content (AvgIpc) is 2.78. The van der Waals surface area contributed by atoms with Crippen LogP contribution in [0, 0.1) is 17.4 Å². The zero-order valence-electron chi connectivity index (χ0n) is 18.0. The molecular formula is C26H26BIO4. The van der Waals surface area contributed by atoms with Crippen LogP contribution in [-0.2, 0) is 0 Å². The van der Waals surface area contributed by atoms with Gasteiger partial charge in [-0.25, -0.2) is 0 Å². The molecule has 0 radical (unpaired) electrons. The van der Waals surface area contributed by atoms with Gasteiger partial charge in [-0.05, 0) is 89.4 Å². The highest BCUT2D eigenvalue weighted by Gasteiger charge is 2.08. The zero-order valence-corrected chi connectivity index (χ0v) is 20.1. The predicted octanol–water partition coefficient (Wildman–Crippen LogP) is 5.04. The van der Waals surface area contributed by atoms with Crippen molar-refractivity contribution in [3.8, 4) is 22.6 Å². The van der Waals surface area contributed by atoms with Crippen molar-refractivity contribution in [3.63, 3.8) is 0 Å². The predicted molar refractivity (Wildman–Crippen MR) is 140 cm³/mol. The van der Waals surface area contributed by atoms with E-state index < -0.39 is 7.12 Å². The Morgan fingerprint density at radius 2 is 0.875 bits per heavy atom. The van der Waals surface area contributed by atoms with Crippen molar-refractivity contribution in [2.75, 3.05) is 0 Å². The molecule has 0 aliphatic heterocycles. The van der Waals surface area contributed by atoms with Gasteiger partial charge in [0.05, 0.1) is 0 Å². The first-order valence-electron chi connectivity index (χ1n) is 9.98. The fourth-order valence-corrected chi connectivity index (χ4v) is 2.94. The second-order valence-electron chi connectivity index (χ2n) is 7.17. The van der Waals surface area contributed by atoms with Crippen LogP contribution in [0.5, 0.6) is 11.5 Å². The first-order chi connectivity index (χ1) is 15.2. The molecule has 0 bridgehead atoms. The van der Waals surface area contributed by atoms with Gasteiger partial charge in [0.15, 0.2) is 0 Å². The van der Waals surface area contributed by atoms with Gasteiger partial charge in [-0.3, -0.25) is 0 Å². The van der Waals surface area contributed by atoms with Gasteiger partial charge in [0, 0.05) is 3.57 Å². The number of rotatable bonds is 2. The Morgan fingerprint density at radius 1 is 0.531 bits per heavy atom. The Hall–Kier alpha value is -2.81. The Bertz CT molecular complexity index is 998. The van der Waals surface area contributed by atoms with Gasteiger partial charge in [0.1, 0.15) is 11.5 Å². The summed E-state index contributed by atoms with van der Waals surface area (Å²) in [6.45, 7) is 4.02. The Morgan fingerprint density at radius 3 is 1.25 bits per heavy atom. The second-order valence-corrected chi connectivity index (χ2v) is 8.42. The molecule has 0 spiro atoms. The summed E-state index contributed by atoms with van der Waals surface area (Å²) < 4.78 is 1.14. The van der Waals surface area contributed by atoms with E-state index in [-0.39, 0.29) is 0 Å². The molecular weight excluding hydrogens is 514 g/mol. The van der Waals surface area contributed by atoms with Crippen LogP contribution in [0.2, 0.25) is 0 Å². The molecule has 0 unspecified atom stereocenters. The third-order valence-electron chi connectivity index (χ3n) is 4.45. The molecule has 4 N–H and O–H groups in total. The molecule has 0 aliphatic rings. The van der Waals surface area contributed by atoms with Crippen molar-refractivity contribution >= 4 is 35.2 Å². The number of hydrogen-bond acceptors (Lipinski definition) is 4. The maximum absolute atomic E-state index is 9.15. The molecule has 0 aromatic heterocycles. The van der Waals surface area contributed by atoms with Gasteiger partial charge in [-0.2, -0.15) is 0 Å². The molecule has 0 aliphatic carbocycles. The molecule has 32 heavy (non-hydrogen) atoms. The highest BCUT2D eigenvalue weighted by atomic mass is 127. The maximum atomic E-state index is 9.15. The van der Waals surface area contributed by atoms with Crippen LogP contribution < -0.4 is 5.46 Å². The van der Waals surface area contributed by atoms with Gasteiger partial charge >= 0.3 is 7.12 Å². The number of benzene rings is 4. The monoisotopic (exact) mass is 540 g/mol. The van der Waals surface area contributed by atoms with Crippen molar-refractivity contribution in [1.29, 1.82) is 0 Å². The molecule has 4 rings (SSSR count). The number of aryl methyl sites for hydroxylation is 2. The number of phenolic OH excluding ortho intramolecular Hbond substituents is 2. The molecule has 0 saturated carbocycles. The van der Waals surface area contributed by atoms with E-state index in [0.717, 1.165) is 14.7 Å². The average molecular weight is 540 g/mol. The minimum Gasteiger partial charge on any atom is -0.508 e. The van der Waals surface area contributed by atoms with Crippen molar-refractivity contribution in [3.05, 3.63) is 112 Å². The molecule has 0 amide bonds. The molecule has 0 atom stereocenters. The van der Waals surface area contributed by atoms with Crippen LogP contribution in [0.1, 0.15) is 11.1 Å². The van der Waals surface area contributed by atoms with Crippen LogP contribution in [-0.4, -0.2) is 27.4 Å². The van der Waals surface area contributed by atoms with Crippen LogP contribution >= 0.6 is 22.6 Å². The van der Waals surface area contributed by atoms with E-state index in [1.807, 2.05) is 43.3 Å². The summed E-state index contributed by atoms with van der Waals surface area (Å²) in [5.41, 5.74) is 5.21. The largest absolute Gasteiger partial charge is 0.508 e. The first-order valence-corrected chi connectivity index (χ1v) is 11.1. The van der Waals surface area contributed by atoms with Crippen LogP contribution in [0.15, 0.2) is 97.1 Å². The zero-order chi connectivity index (χ0) is 23.5. The summed E-state index contributed by atoms with van der Waals surface area (Å²) in [6.07, 6.45) is 0. The van der Waals surface area contributed by atoms with E-state index in [9.17, 15) is 0 Å². The van der Waals surface area contributed by atoms with Gasteiger partial charge in [0.25, 0.3) is 0 Å². The van der Waals surface area contributed by atoms with E-state index in [1.165, 1.54) is 11.1 Å². The summed E-state index contributed by atoms with van der Waals surface area (Å²) in [4.78, 5) is 0. The van der Waals surface area contributed by atoms with Crippen molar-refractivity contribution < 1.29 is 20.3 Å². The SMILES string of the molecule is Cc1ccc(-c2ccc(O)cc2)cc1.Cc1ccc(B(O)O)cc1.Oc1ccc(I)cc1. The summed E-state index contributed by atoms with van der Waals surface area (Å²) >= 11 is 2.19. The highest BCUT2D eigenvalue weighted by Crippen LogP contribution is 2.21. The number of halogens is 1. The van der Waals surface area contributed by atoms with E-state index in [4.69, 9.17) is 20.3 Å². The molecule has 0 saturated heterocycles. The van der Waals surface area contributed by atoms with Crippen molar-refractivity contribution in [1.82, 2.24) is 0 Å². The summed E-state index contributed by atoms with van der Waals surface area (Å²) in [6, 6.07) is 29.7. The van der Waals surface area contributed by atoms with E-state index in [2.05, 4.69) is 53.8 Å². The summed E-state index contributed by atoms with van der Waals surface area (Å²) in [5.74, 6) is 0.631. The van der Waals surface area contributed by atoms with E-state index in [0.29, 0.717) is 17.0 Å². The van der Waals surface area contributed by atoms with Crippen molar-refractivity contribution in [2.24, 2.45) is 0 Å². The summed E-state index contributed by atoms with van der Waals surface area (Å²) in [5, 5.41) is 35.2. The molecule has 0 heterocycles. The highest BCUT2D eigenvalue weighted by molar-refractivity contribution is 14.1. The fraction of sp³-hybridized carbons (Fsp3) is 0.0769. The van der Waals surface area contributed by atoms with E-state index >= 15 is 0 Å². The lowest BCUT2D eigenvalue weighted by Crippen LogP contribution is -2.29. The maximum Gasteiger partial charge on any atom is 0.488 e. The molecule has 4 aromatic carbocycles. The molecule has 4 nitrogen and oxygen atoms in total. The van der Waals surface area contributed by atoms with Gasteiger partial charge in [-0.1, -0.05) is 71.8 Å². The minimum absolute atomic E-state index is 0.306. The van der Waals surface area contributed by atoms with Gasteiger partial charge in [-0.15, -0.1) is 0 Å². The van der Waals surface area contributed by atoms with Crippen LogP contribution in [0.4, 0.5) is 0 Å². The molecule has 164 valence electrons. The fourth-order valence-electron chi connectivity index (χ4n) is 2.58. The summed E-state index contributed by atoms with van der Waals surface area (Å²) in [7, 11) is -1.35. The molecule has 6 heteroatoms. The number of hydrogen-bond donors (Lipinski definition) is 4. The van der Waals surface area contributed by atoms with Crippen LogP contribution in [0.25, 0.3) is 11.1 Å². The lowest BCUT2D eigenvalue weighted by Gasteiger charge is -2.01. The number of aromatic hydroxyl groups is 2. The lowest BCUT2D eigenvalue weighted by atomic mass is 9.80. The Balaban J connectivity index is 0.000000178. The molecule has 0 fully saturated rings. The van der Waals surface area contributed by atoms with Gasteiger partial charge in [0.2, 0.25) is 0 Å². The molecule has 4 aromatic rings. The number of phenols is 2. The normalized spacial score (nSPS) is 9.66. The quantitative estimate of drug-likeness (QED) is 0.212. The van der Waals surface area contributed by atoms with Crippen molar-refractivity contribution in [2.45, 2.75) is 13.8 Å². The standard InChI is InChI=1S/C13H12O.C7H9BO2.C6H5IO/c1-10-2-4-11(5-3-10)12-6-8-13(14)9-7-12;1-6-2-4-7(5-3-6)8(9)10;7-5-1-3-6(8)4-2-5/h2-9,14H,1H3;2-5,9-10H,1H3;1-4,8H. The van der Waals surface area contributed by atoms with E-state index in [1.54, 1.807) is 36.4 Å². The van der Waals surface area contributed by atoms with Crippen LogP contribution in [0.3, 0.4) is 0 Å². The Labute approximate surface area is 203 Å². The smallest absolute Gasteiger partial charge is 0.488 e. The second kappa shape index (κ2) is 12.9.